The van der Waals surface area contributed by atoms with Crippen LogP contribution in [0.2, 0.25) is 0 Å². The van der Waals surface area contributed by atoms with E-state index in [9.17, 15) is 0 Å². The van der Waals surface area contributed by atoms with Gasteiger partial charge in [-0.2, -0.15) is 0 Å². The molecule has 34 valence electrons. The molecule has 6 heteroatoms. The van der Waals surface area contributed by atoms with E-state index < -0.39 is 0 Å². The van der Waals surface area contributed by atoms with E-state index in [0.29, 0.717) is 0 Å². The Kier molecular flexibility index (Phi) is 188. The average Bonchev–Trinajstić information content (AvgIpc) is 0.918. The number of rotatable bonds is 0. The van der Waals surface area contributed by atoms with Crippen LogP contribution in [0.15, 0.2) is 0 Å². The zero-order valence-electron chi connectivity index (χ0n) is 2.64. The van der Waals surface area contributed by atoms with Crippen molar-refractivity contribution in [3.63, 3.8) is 0 Å². The Balaban J connectivity index is -0.00000000667. The van der Waals surface area contributed by atoms with Crippen molar-refractivity contribution in [3.8, 4) is 0 Å². The molecule has 0 fully saturated rings. The van der Waals surface area contributed by atoms with Gasteiger partial charge in [0.15, 0.2) is 0 Å². The molecule has 2 N–H and O–H groups in total. The fraction of sp³-hybridized carbons (Fsp3) is 0. The molecule has 0 aromatic rings. The third kappa shape index (κ3) is 93.1. The second-order valence-electron chi connectivity index (χ2n) is 0.0816. The Morgan fingerprint density at radius 1 is 1.17 bits per heavy atom. The fourth-order valence-electron chi connectivity index (χ4n) is 0. The molecule has 0 saturated heterocycles. The molecular weight excluding hydrogens is 147 g/mol. The molecule has 0 aromatic heterocycles. The summed E-state index contributed by atoms with van der Waals surface area (Å²) in [6.07, 6.45) is 0. The molecule has 0 aliphatic heterocycles. The van der Waals surface area contributed by atoms with Crippen LogP contribution < -0.4 is 0 Å². The molecule has 0 aliphatic rings. The molecule has 0 saturated carbocycles. The quantitative estimate of drug-likeness (QED) is 0.275. The van der Waals surface area contributed by atoms with Crippen molar-refractivity contribution in [1.82, 2.24) is 0 Å². The first-order valence-electron chi connectivity index (χ1n) is 0.365. The fourth-order valence-corrected chi connectivity index (χ4v) is 0. The monoisotopic (exact) mass is 149 g/mol. The molecule has 0 unspecified atom stereocenters. The van der Waals surface area contributed by atoms with Gasteiger partial charge in [-0.1, -0.05) is 5.04 Å². The predicted molar refractivity (Wildman–Crippen MR) is 12.8 cm³/mol. The van der Waals surface area contributed by atoms with Crippen LogP contribution in [0.5, 0.6) is 0 Å². The maximum atomic E-state index is 6.62. The Labute approximate surface area is 55.9 Å². The van der Waals surface area contributed by atoms with Gasteiger partial charge >= 0.3 is 34.4 Å². The van der Waals surface area contributed by atoms with E-state index in [1.165, 1.54) is 0 Å². The van der Waals surface area contributed by atoms with Crippen molar-refractivity contribution >= 4 is 17.4 Å². The van der Waals surface area contributed by atoms with Crippen LogP contribution in [0.25, 0.3) is 0 Å². The summed E-state index contributed by atoms with van der Waals surface area (Å²) in [5, 5.41) is 15.5. The molecule has 0 aromatic carbocycles. The second-order valence-corrected chi connectivity index (χ2v) is 0.0816. The first-order valence-corrected chi connectivity index (χ1v) is 0.365. The SMILES string of the molecule is OOO.[Al+3].[Fe+2].[O-2]. The summed E-state index contributed by atoms with van der Waals surface area (Å²) in [6, 6.07) is 0. The third-order valence-electron chi connectivity index (χ3n) is 0. The van der Waals surface area contributed by atoms with Gasteiger partial charge in [0.05, 0.1) is 0 Å². The summed E-state index contributed by atoms with van der Waals surface area (Å²) in [6.45, 7) is 0. The molecular formula is H2AlFeO4+3. The molecule has 0 amide bonds. The van der Waals surface area contributed by atoms with E-state index in [4.69, 9.17) is 10.5 Å². The van der Waals surface area contributed by atoms with E-state index in [-0.39, 0.29) is 39.9 Å². The number of hydrogen-bond acceptors (Lipinski definition) is 3. The van der Waals surface area contributed by atoms with E-state index in [2.05, 4.69) is 5.04 Å². The van der Waals surface area contributed by atoms with Crippen LogP contribution >= 0.6 is 0 Å². The first-order chi connectivity index (χ1) is 1.41. The van der Waals surface area contributed by atoms with Gasteiger partial charge in [0, 0.05) is 0 Å². The minimum atomic E-state index is 0. The van der Waals surface area contributed by atoms with Gasteiger partial charge in [0.2, 0.25) is 0 Å². The van der Waals surface area contributed by atoms with Crippen molar-refractivity contribution < 1.29 is 38.1 Å². The summed E-state index contributed by atoms with van der Waals surface area (Å²) in [5.41, 5.74) is 0. The molecule has 4 nitrogen and oxygen atoms in total. The Morgan fingerprint density at radius 2 is 1.17 bits per heavy atom. The minimum absolute atomic E-state index is 0. The van der Waals surface area contributed by atoms with E-state index in [0.717, 1.165) is 0 Å². The van der Waals surface area contributed by atoms with E-state index in [1.54, 1.807) is 0 Å². The summed E-state index contributed by atoms with van der Waals surface area (Å²) >= 11 is 0. The minimum Gasteiger partial charge on any atom is -2.00 e. The molecule has 0 atom stereocenters. The number of hydrogen-bond donors (Lipinski definition) is 2. The summed E-state index contributed by atoms with van der Waals surface area (Å²) in [5.74, 6) is 0. The van der Waals surface area contributed by atoms with Gasteiger partial charge in [-0.3, -0.25) is 0 Å². The van der Waals surface area contributed by atoms with Crippen molar-refractivity contribution in [2.24, 2.45) is 0 Å². The van der Waals surface area contributed by atoms with Crippen LogP contribution in [-0.2, 0) is 27.6 Å². The summed E-state index contributed by atoms with van der Waals surface area (Å²) in [4.78, 5) is 0. The largest absolute Gasteiger partial charge is 3.00 e. The maximum Gasteiger partial charge on any atom is 3.00 e. The Morgan fingerprint density at radius 3 is 1.17 bits per heavy atom. The standard InChI is InChI=1S/Al.Fe.H2O3.O/c;;1-3-2;/h;;1-2H;/q+3;+2;;-2. The van der Waals surface area contributed by atoms with Crippen molar-refractivity contribution in [2.75, 3.05) is 0 Å². The van der Waals surface area contributed by atoms with Crippen LogP contribution in [0.3, 0.4) is 0 Å². The topological polar surface area (TPSA) is 78.2 Å². The molecule has 6 heavy (non-hydrogen) atoms. The van der Waals surface area contributed by atoms with Crippen LogP contribution in [0.4, 0.5) is 0 Å². The zero-order chi connectivity index (χ0) is 2.71. The predicted octanol–water partition coefficient (Wildman–Crippen LogP) is -0.553. The Bertz CT molecular complexity index is 7.51. The summed E-state index contributed by atoms with van der Waals surface area (Å²) < 4.78 is 0. The third-order valence-corrected chi connectivity index (χ3v) is 0. The van der Waals surface area contributed by atoms with E-state index in [1.807, 2.05) is 0 Å². The van der Waals surface area contributed by atoms with Crippen molar-refractivity contribution in [2.45, 2.75) is 0 Å². The van der Waals surface area contributed by atoms with Crippen LogP contribution in [0, 0.1) is 0 Å². The molecule has 0 spiro atoms. The van der Waals surface area contributed by atoms with Crippen LogP contribution in [-0.4, -0.2) is 27.9 Å². The van der Waals surface area contributed by atoms with Crippen LogP contribution in [0.1, 0.15) is 0 Å². The second kappa shape index (κ2) is 39.4. The molecule has 0 rings (SSSR count). The van der Waals surface area contributed by atoms with Gasteiger partial charge < -0.3 is 5.48 Å². The normalized spacial score (nSPS) is 3.00. The van der Waals surface area contributed by atoms with Crippen molar-refractivity contribution in [3.05, 3.63) is 0 Å². The molecule has 0 bridgehead atoms. The zero-order valence-corrected chi connectivity index (χ0v) is 4.90. The Hall–Kier alpha value is 0.892. The molecule has 0 heterocycles. The van der Waals surface area contributed by atoms with Gasteiger partial charge in [0.25, 0.3) is 0 Å². The van der Waals surface area contributed by atoms with E-state index >= 15 is 0 Å². The maximum absolute atomic E-state index is 6.62. The van der Waals surface area contributed by atoms with Gasteiger partial charge in [-0.05, 0) is 0 Å². The molecule has 0 radical (unpaired) electrons. The molecule has 0 aliphatic carbocycles. The average molecular weight is 149 g/mol. The van der Waals surface area contributed by atoms with Crippen molar-refractivity contribution in [1.29, 1.82) is 0 Å². The first kappa shape index (κ1) is 28.6. The van der Waals surface area contributed by atoms with Gasteiger partial charge in [0.1, 0.15) is 0 Å². The van der Waals surface area contributed by atoms with Gasteiger partial charge in [-0.15, -0.1) is 0 Å². The van der Waals surface area contributed by atoms with Gasteiger partial charge in [-0.25, -0.2) is 10.5 Å². The smallest absolute Gasteiger partial charge is 2.00 e. The summed E-state index contributed by atoms with van der Waals surface area (Å²) in [7, 11) is 0.